The Morgan fingerprint density at radius 3 is 3.08 bits per heavy atom. The molecule has 1 aromatic carbocycles. The molecule has 24 heavy (non-hydrogen) atoms. The number of amides is 1. The number of benzene rings is 1. The lowest BCUT2D eigenvalue weighted by molar-refractivity contribution is 0.0918. The van der Waals surface area contributed by atoms with Gasteiger partial charge in [-0.05, 0) is 49.1 Å². The first-order valence-corrected chi connectivity index (χ1v) is 8.31. The van der Waals surface area contributed by atoms with Crippen LogP contribution in [0.1, 0.15) is 29.0 Å². The third-order valence-electron chi connectivity index (χ3n) is 4.24. The molecular formula is C18H18ClN3O2. The molecular weight excluding hydrogens is 326 g/mol. The summed E-state index contributed by atoms with van der Waals surface area (Å²) in [5, 5.41) is 12.8. The molecule has 0 aliphatic carbocycles. The second-order valence-electron chi connectivity index (χ2n) is 5.91. The maximum atomic E-state index is 12.0. The highest BCUT2D eigenvalue weighted by Crippen LogP contribution is 2.28. The van der Waals surface area contributed by atoms with Crippen molar-refractivity contribution in [2.24, 2.45) is 5.92 Å². The molecule has 2 heterocycles. The van der Waals surface area contributed by atoms with Gasteiger partial charge in [-0.15, -0.1) is 0 Å². The number of furan rings is 1. The highest BCUT2D eigenvalue weighted by molar-refractivity contribution is 6.30. The van der Waals surface area contributed by atoms with Crippen molar-refractivity contribution in [1.29, 1.82) is 5.26 Å². The molecule has 1 aromatic heterocycles. The minimum absolute atomic E-state index is 0.197. The summed E-state index contributed by atoms with van der Waals surface area (Å²) >= 11 is 6.09. The van der Waals surface area contributed by atoms with E-state index in [4.69, 9.17) is 16.0 Å². The number of rotatable bonds is 4. The van der Waals surface area contributed by atoms with E-state index < -0.39 is 0 Å². The number of nitrogens with one attached hydrogen (secondary N) is 1. The van der Waals surface area contributed by atoms with E-state index >= 15 is 0 Å². The summed E-state index contributed by atoms with van der Waals surface area (Å²) in [6.07, 6.45) is 3.54. The van der Waals surface area contributed by atoms with Crippen molar-refractivity contribution in [2.75, 3.05) is 24.5 Å². The van der Waals surface area contributed by atoms with Crippen molar-refractivity contribution in [3.63, 3.8) is 0 Å². The number of carbonyl (C=O) groups is 1. The predicted molar refractivity (Wildman–Crippen MR) is 92.1 cm³/mol. The molecule has 0 bridgehead atoms. The van der Waals surface area contributed by atoms with Gasteiger partial charge in [-0.2, -0.15) is 5.26 Å². The van der Waals surface area contributed by atoms with Crippen molar-refractivity contribution in [1.82, 2.24) is 5.32 Å². The fraction of sp³-hybridized carbons (Fsp3) is 0.333. The molecule has 1 unspecified atom stereocenters. The summed E-state index contributed by atoms with van der Waals surface area (Å²) in [5.41, 5.74) is 1.49. The fourth-order valence-electron chi connectivity index (χ4n) is 3.04. The molecule has 1 saturated heterocycles. The molecule has 3 rings (SSSR count). The van der Waals surface area contributed by atoms with Crippen LogP contribution < -0.4 is 10.2 Å². The smallest absolute Gasteiger partial charge is 0.286 e. The van der Waals surface area contributed by atoms with Crippen molar-refractivity contribution < 1.29 is 9.21 Å². The van der Waals surface area contributed by atoms with Crippen LogP contribution in [0.2, 0.25) is 5.02 Å². The van der Waals surface area contributed by atoms with Crippen molar-refractivity contribution in [3.05, 3.63) is 52.9 Å². The number of nitrogens with zero attached hydrogens (tertiary/aromatic N) is 2. The van der Waals surface area contributed by atoms with Crippen LogP contribution in [0.15, 0.2) is 41.0 Å². The number of nitriles is 1. The second-order valence-corrected chi connectivity index (χ2v) is 6.35. The quantitative estimate of drug-likeness (QED) is 0.923. The van der Waals surface area contributed by atoms with Gasteiger partial charge >= 0.3 is 0 Å². The van der Waals surface area contributed by atoms with Crippen LogP contribution in [-0.2, 0) is 0 Å². The molecule has 1 amide bonds. The Labute approximate surface area is 145 Å². The lowest BCUT2D eigenvalue weighted by Crippen LogP contribution is -2.41. The zero-order valence-electron chi connectivity index (χ0n) is 13.2. The Balaban J connectivity index is 1.64. The van der Waals surface area contributed by atoms with E-state index in [1.807, 2.05) is 6.07 Å². The number of carbonyl (C=O) groups excluding carboxylic acids is 1. The van der Waals surface area contributed by atoms with Crippen LogP contribution >= 0.6 is 11.6 Å². The van der Waals surface area contributed by atoms with Gasteiger partial charge in [-0.3, -0.25) is 4.79 Å². The first-order valence-electron chi connectivity index (χ1n) is 7.93. The zero-order valence-corrected chi connectivity index (χ0v) is 13.9. The van der Waals surface area contributed by atoms with E-state index in [2.05, 4.69) is 16.3 Å². The van der Waals surface area contributed by atoms with Crippen molar-refractivity contribution >= 4 is 23.2 Å². The van der Waals surface area contributed by atoms with Crippen LogP contribution in [0.5, 0.6) is 0 Å². The Hall–Kier alpha value is -2.45. The van der Waals surface area contributed by atoms with Gasteiger partial charge in [0.25, 0.3) is 5.91 Å². The van der Waals surface area contributed by atoms with Gasteiger partial charge in [0.1, 0.15) is 6.07 Å². The third kappa shape index (κ3) is 3.72. The lowest BCUT2D eigenvalue weighted by Gasteiger charge is -2.35. The number of halogens is 1. The van der Waals surface area contributed by atoms with E-state index in [0.717, 1.165) is 31.6 Å². The minimum Gasteiger partial charge on any atom is -0.459 e. The van der Waals surface area contributed by atoms with Crippen LogP contribution in [0.4, 0.5) is 5.69 Å². The highest BCUT2D eigenvalue weighted by atomic mass is 35.5. The zero-order chi connectivity index (χ0) is 16.9. The molecule has 1 aliphatic heterocycles. The van der Waals surface area contributed by atoms with Gasteiger partial charge in [-0.1, -0.05) is 11.6 Å². The largest absolute Gasteiger partial charge is 0.459 e. The Morgan fingerprint density at radius 1 is 1.46 bits per heavy atom. The Kier molecular flexibility index (Phi) is 5.07. The van der Waals surface area contributed by atoms with E-state index in [0.29, 0.717) is 28.8 Å². The summed E-state index contributed by atoms with van der Waals surface area (Å²) in [5.74, 6) is 0.449. The van der Waals surface area contributed by atoms with Crippen LogP contribution in [0.3, 0.4) is 0 Å². The summed E-state index contributed by atoms with van der Waals surface area (Å²) in [6.45, 7) is 2.25. The summed E-state index contributed by atoms with van der Waals surface area (Å²) in [6, 6.07) is 10.9. The van der Waals surface area contributed by atoms with Gasteiger partial charge in [-0.25, -0.2) is 0 Å². The maximum absolute atomic E-state index is 12.0. The minimum atomic E-state index is -0.197. The lowest BCUT2D eigenvalue weighted by atomic mass is 9.96. The highest BCUT2D eigenvalue weighted by Gasteiger charge is 2.23. The summed E-state index contributed by atoms with van der Waals surface area (Å²) in [4.78, 5) is 14.1. The molecule has 1 fully saturated rings. The summed E-state index contributed by atoms with van der Waals surface area (Å²) < 4.78 is 5.10. The van der Waals surface area contributed by atoms with Crippen LogP contribution in [0, 0.1) is 17.2 Å². The van der Waals surface area contributed by atoms with Gasteiger partial charge < -0.3 is 14.6 Å². The number of piperidine rings is 1. The molecule has 1 N–H and O–H groups in total. The van der Waals surface area contributed by atoms with Crippen molar-refractivity contribution in [2.45, 2.75) is 12.8 Å². The molecule has 124 valence electrons. The number of hydrogen-bond acceptors (Lipinski definition) is 4. The molecule has 1 atom stereocenters. The second kappa shape index (κ2) is 7.41. The van der Waals surface area contributed by atoms with Crippen LogP contribution in [0.25, 0.3) is 0 Å². The number of anilines is 1. The number of hydrogen-bond donors (Lipinski definition) is 1. The Morgan fingerprint density at radius 2 is 2.33 bits per heavy atom. The molecule has 2 aromatic rings. The average Bonchev–Trinajstić information content (AvgIpc) is 3.14. The first-order chi connectivity index (χ1) is 11.7. The van der Waals surface area contributed by atoms with Crippen molar-refractivity contribution in [3.8, 4) is 6.07 Å². The third-order valence-corrected chi connectivity index (χ3v) is 4.47. The molecule has 0 saturated carbocycles. The summed E-state index contributed by atoms with van der Waals surface area (Å²) in [7, 11) is 0. The van der Waals surface area contributed by atoms with Gasteiger partial charge in [0.15, 0.2) is 5.76 Å². The van der Waals surface area contributed by atoms with E-state index in [1.54, 1.807) is 24.3 Å². The molecule has 0 radical (unpaired) electrons. The van der Waals surface area contributed by atoms with Gasteiger partial charge in [0.2, 0.25) is 0 Å². The van der Waals surface area contributed by atoms with Crippen LogP contribution in [-0.4, -0.2) is 25.5 Å². The molecule has 0 spiro atoms. The fourth-order valence-corrected chi connectivity index (χ4v) is 3.21. The monoisotopic (exact) mass is 343 g/mol. The Bertz CT molecular complexity index is 752. The average molecular weight is 344 g/mol. The molecule has 1 aliphatic rings. The van der Waals surface area contributed by atoms with Gasteiger partial charge in [0.05, 0.1) is 17.5 Å². The van der Waals surface area contributed by atoms with E-state index in [1.165, 1.54) is 6.26 Å². The van der Waals surface area contributed by atoms with Gasteiger partial charge in [0, 0.05) is 24.7 Å². The predicted octanol–water partition coefficient (Wildman–Crippen LogP) is 3.45. The van der Waals surface area contributed by atoms with E-state index in [-0.39, 0.29) is 5.91 Å². The molecule has 6 heteroatoms. The maximum Gasteiger partial charge on any atom is 0.286 e. The van der Waals surface area contributed by atoms with E-state index in [9.17, 15) is 10.1 Å². The normalized spacial score (nSPS) is 17.3. The standard InChI is InChI=1S/C18H18ClN3O2/c19-15-6-5-14(10-20)16(9-15)22-7-1-3-13(12-22)11-21-18(23)17-4-2-8-24-17/h2,4-6,8-9,13H,1,3,7,11-12H2,(H,21,23). The SMILES string of the molecule is N#Cc1ccc(Cl)cc1N1CCCC(CNC(=O)c2ccco2)C1. The molecule has 5 nitrogen and oxygen atoms in total. The topological polar surface area (TPSA) is 69.3 Å². The first kappa shape index (κ1) is 16.4.